The Morgan fingerprint density at radius 2 is 1.80 bits per heavy atom. The van der Waals surface area contributed by atoms with Gasteiger partial charge in [0.15, 0.2) is 0 Å². The summed E-state index contributed by atoms with van der Waals surface area (Å²) in [7, 11) is -0.972. The summed E-state index contributed by atoms with van der Waals surface area (Å²) in [6.07, 6.45) is 0. The first-order valence-corrected chi connectivity index (χ1v) is 5.28. The number of hydrogen-bond acceptors (Lipinski definition) is 4. The minimum Gasteiger partial charge on any atom is -0.497 e. The van der Waals surface area contributed by atoms with E-state index >= 15 is 0 Å². The quantitative estimate of drug-likeness (QED) is 0.863. The zero-order valence-corrected chi connectivity index (χ0v) is 9.89. The van der Waals surface area contributed by atoms with Gasteiger partial charge in [-0.3, -0.25) is 0 Å². The number of hydrogen-bond donors (Lipinski definition) is 1. The van der Waals surface area contributed by atoms with E-state index in [1.165, 1.54) is 26.4 Å². The molecule has 0 spiro atoms. The van der Waals surface area contributed by atoms with E-state index in [4.69, 9.17) is 14.6 Å². The van der Waals surface area contributed by atoms with Crippen molar-refractivity contribution >= 4 is 22.4 Å². The van der Waals surface area contributed by atoms with E-state index in [2.05, 4.69) is 0 Å². The molecule has 0 aliphatic heterocycles. The fourth-order valence-electron chi connectivity index (χ4n) is 1.01. The van der Waals surface area contributed by atoms with Crippen LogP contribution in [0.15, 0.2) is 23.1 Å². The highest BCUT2D eigenvalue weighted by Gasteiger charge is 2.15. The van der Waals surface area contributed by atoms with Gasteiger partial charge in [-0.15, -0.1) is 12.4 Å². The highest BCUT2D eigenvalue weighted by molar-refractivity contribution is 7.89. The number of methoxy groups -OCH3 is 2. The number of rotatable bonds is 3. The van der Waals surface area contributed by atoms with Gasteiger partial charge in [-0.25, -0.2) is 13.6 Å². The Morgan fingerprint density at radius 1 is 1.20 bits per heavy atom. The summed E-state index contributed by atoms with van der Waals surface area (Å²) < 4.78 is 32.0. The van der Waals surface area contributed by atoms with E-state index in [-0.39, 0.29) is 23.1 Å². The average molecular weight is 254 g/mol. The summed E-state index contributed by atoms with van der Waals surface area (Å²) in [5.41, 5.74) is 0. The summed E-state index contributed by atoms with van der Waals surface area (Å²) in [5.74, 6) is 0.614. The van der Waals surface area contributed by atoms with Crippen LogP contribution in [0.5, 0.6) is 11.5 Å². The van der Waals surface area contributed by atoms with Crippen molar-refractivity contribution in [3.8, 4) is 11.5 Å². The van der Waals surface area contributed by atoms with Crippen molar-refractivity contribution in [2.45, 2.75) is 4.90 Å². The van der Waals surface area contributed by atoms with E-state index < -0.39 is 10.0 Å². The molecule has 0 aliphatic carbocycles. The monoisotopic (exact) mass is 253 g/mol. The molecule has 0 amide bonds. The van der Waals surface area contributed by atoms with Crippen molar-refractivity contribution in [3.05, 3.63) is 18.2 Å². The van der Waals surface area contributed by atoms with Crippen LogP contribution in [0.25, 0.3) is 0 Å². The molecule has 1 rings (SSSR count). The van der Waals surface area contributed by atoms with Crippen molar-refractivity contribution in [1.82, 2.24) is 0 Å². The van der Waals surface area contributed by atoms with Crippen molar-refractivity contribution in [3.63, 3.8) is 0 Å². The maximum absolute atomic E-state index is 11.1. The SMILES string of the molecule is COc1ccc(OC)c(S(N)(=O)=O)c1.Cl. The predicted molar refractivity (Wildman–Crippen MR) is 58.2 cm³/mol. The van der Waals surface area contributed by atoms with Crippen LogP contribution < -0.4 is 14.6 Å². The molecule has 0 saturated carbocycles. The molecule has 1 aromatic carbocycles. The number of halogens is 1. The van der Waals surface area contributed by atoms with Gasteiger partial charge >= 0.3 is 0 Å². The molecule has 0 fully saturated rings. The smallest absolute Gasteiger partial charge is 0.241 e. The van der Waals surface area contributed by atoms with Gasteiger partial charge in [0.2, 0.25) is 10.0 Å². The predicted octanol–water partition coefficient (Wildman–Crippen LogP) is 0.773. The van der Waals surface area contributed by atoms with Crippen LogP contribution >= 0.6 is 12.4 Å². The number of sulfonamides is 1. The molecule has 0 radical (unpaired) electrons. The van der Waals surface area contributed by atoms with Gasteiger partial charge in [-0.1, -0.05) is 0 Å². The van der Waals surface area contributed by atoms with Crippen LogP contribution in [-0.4, -0.2) is 22.6 Å². The molecule has 7 heteroatoms. The zero-order chi connectivity index (χ0) is 10.8. The molecule has 0 aromatic heterocycles. The number of ether oxygens (including phenoxy) is 2. The second kappa shape index (κ2) is 5.20. The van der Waals surface area contributed by atoms with E-state index in [1.54, 1.807) is 6.07 Å². The third-order valence-electron chi connectivity index (χ3n) is 1.68. The minimum atomic E-state index is -3.78. The first-order valence-electron chi connectivity index (χ1n) is 3.74. The lowest BCUT2D eigenvalue weighted by molar-refractivity contribution is 0.392. The van der Waals surface area contributed by atoms with Crippen LogP contribution in [0.1, 0.15) is 0 Å². The molecule has 1 aromatic rings. The normalized spacial score (nSPS) is 10.3. The molecule has 0 atom stereocenters. The van der Waals surface area contributed by atoms with E-state index in [9.17, 15) is 8.42 Å². The van der Waals surface area contributed by atoms with Crippen LogP contribution in [0.3, 0.4) is 0 Å². The highest BCUT2D eigenvalue weighted by Crippen LogP contribution is 2.26. The molecule has 0 aliphatic rings. The fraction of sp³-hybridized carbons (Fsp3) is 0.250. The second-order valence-electron chi connectivity index (χ2n) is 2.56. The average Bonchev–Trinajstić information content (AvgIpc) is 2.15. The second-order valence-corrected chi connectivity index (χ2v) is 4.09. The molecule has 15 heavy (non-hydrogen) atoms. The highest BCUT2D eigenvalue weighted by atomic mass is 35.5. The maximum Gasteiger partial charge on any atom is 0.241 e. The van der Waals surface area contributed by atoms with Crippen molar-refractivity contribution < 1.29 is 17.9 Å². The van der Waals surface area contributed by atoms with Gasteiger partial charge in [-0.05, 0) is 12.1 Å². The molecule has 86 valence electrons. The molecular weight excluding hydrogens is 242 g/mol. The summed E-state index contributed by atoms with van der Waals surface area (Å²) in [5, 5.41) is 4.99. The largest absolute Gasteiger partial charge is 0.497 e. The lowest BCUT2D eigenvalue weighted by Gasteiger charge is -2.07. The Bertz CT molecular complexity index is 432. The third-order valence-corrected chi connectivity index (χ3v) is 2.61. The maximum atomic E-state index is 11.1. The van der Waals surface area contributed by atoms with Crippen LogP contribution in [0.4, 0.5) is 0 Å². The Hall–Kier alpha value is -0.980. The van der Waals surface area contributed by atoms with E-state index in [1.807, 2.05) is 0 Å². The molecule has 5 nitrogen and oxygen atoms in total. The molecule has 2 N–H and O–H groups in total. The van der Waals surface area contributed by atoms with Gasteiger partial charge in [0.25, 0.3) is 0 Å². The summed E-state index contributed by atoms with van der Waals surface area (Å²) in [6, 6.07) is 4.39. The van der Waals surface area contributed by atoms with Crippen molar-refractivity contribution in [2.24, 2.45) is 5.14 Å². The Morgan fingerprint density at radius 3 is 2.20 bits per heavy atom. The van der Waals surface area contributed by atoms with Gasteiger partial charge in [0.05, 0.1) is 14.2 Å². The van der Waals surface area contributed by atoms with Crippen molar-refractivity contribution in [2.75, 3.05) is 14.2 Å². The number of benzene rings is 1. The Balaban J connectivity index is 0.00000196. The van der Waals surface area contributed by atoms with Crippen LogP contribution in [0, 0.1) is 0 Å². The third kappa shape index (κ3) is 3.26. The molecule has 0 heterocycles. The minimum absolute atomic E-state index is 0. The number of nitrogens with two attached hydrogens (primary N) is 1. The van der Waals surface area contributed by atoms with Gasteiger partial charge in [0, 0.05) is 6.07 Å². The fourth-order valence-corrected chi connectivity index (χ4v) is 1.72. The molecular formula is C8H12ClNO4S. The zero-order valence-electron chi connectivity index (χ0n) is 8.26. The van der Waals surface area contributed by atoms with Crippen LogP contribution in [0.2, 0.25) is 0 Å². The standard InChI is InChI=1S/C8H11NO4S.ClH/c1-12-6-3-4-7(13-2)8(5-6)14(9,10)11;/h3-5H,1-2H3,(H2,9,10,11);1H. The van der Waals surface area contributed by atoms with Crippen molar-refractivity contribution in [1.29, 1.82) is 0 Å². The summed E-state index contributed by atoms with van der Waals surface area (Å²) >= 11 is 0. The molecule has 0 bridgehead atoms. The van der Waals surface area contributed by atoms with Gasteiger partial charge in [-0.2, -0.15) is 0 Å². The topological polar surface area (TPSA) is 78.6 Å². The first-order chi connectivity index (χ1) is 6.49. The first kappa shape index (κ1) is 14.0. The summed E-state index contributed by atoms with van der Waals surface area (Å²) in [4.78, 5) is -0.0839. The number of primary sulfonamides is 1. The van der Waals surface area contributed by atoms with Gasteiger partial charge < -0.3 is 9.47 Å². The van der Waals surface area contributed by atoms with Crippen LogP contribution in [-0.2, 0) is 10.0 Å². The van der Waals surface area contributed by atoms with E-state index in [0.29, 0.717) is 5.75 Å². The lowest BCUT2D eigenvalue weighted by atomic mass is 10.3. The lowest BCUT2D eigenvalue weighted by Crippen LogP contribution is -2.13. The Labute approximate surface area is 94.6 Å². The summed E-state index contributed by atoms with van der Waals surface area (Å²) in [6.45, 7) is 0. The molecule has 0 saturated heterocycles. The molecule has 0 unspecified atom stereocenters. The van der Waals surface area contributed by atoms with Gasteiger partial charge in [0.1, 0.15) is 16.4 Å². The van der Waals surface area contributed by atoms with E-state index in [0.717, 1.165) is 0 Å². The Kier molecular flexibility index (Phi) is 4.86.